The van der Waals surface area contributed by atoms with E-state index in [1.165, 1.54) is 5.56 Å². The lowest BCUT2D eigenvalue weighted by atomic mass is 10.1. The highest BCUT2D eigenvalue weighted by atomic mass is 35.5. The standard InChI is InChI=1S/C21H15ClN2S/c1-14-6-8-15(9-7-14)20-23-19-5-3-2-4-18(19)21(24-20)25-17-12-10-16(22)11-13-17/h2-13H,1H3. The van der Waals surface area contributed by atoms with Crippen molar-refractivity contribution in [3.8, 4) is 11.4 Å². The third kappa shape index (κ3) is 3.53. The summed E-state index contributed by atoms with van der Waals surface area (Å²) in [7, 11) is 0. The zero-order valence-corrected chi connectivity index (χ0v) is 15.2. The van der Waals surface area contributed by atoms with Crippen molar-refractivity contribution in [3.05, 3.63) is 83.4 Å². The van der Waals surface area contributed by atoms with Crippen molar-refractivity contribution in [3.63, 3.8) is 0 Å². The highest BCUT2D eigenvalue weighted by Crippen LogP contribution is 2.33. The molecule has 0 aliphatic rings. The first-order valence-electron chi connectivity index (χ1n) is 7.96. The molecule has 0 spiro atoms. The molecule has 2 nitrogen and oxygen atoms in total. The molecule has 3 aromatic carbocycles. The molecule has 0 atom stereocenters. The molecule has 0 N–H and O–H groups in total. The molecular weight excluding hydrogens is 348 g/mol. The van der Waals surface area contributed by atoms with Crippen LogP contribution in [-0.4, -0.2) is 9.97 Å². The quantitative estimate of drug-likeness (QED) is 0.394. The van der Waals surface area contributed by atoms with E-state index in [2.05, 4.69) is 37.3 Å². The summed E-state index contributed by atoms with van der Waals surface area (Å²) in [5.41, 5.74) is 3.19. The van der Waals surface area contributed by atoms with Crippen LogP contribution in [0.2, 0.25) is 5.02 Å². The number of benzene rings is 3. The molecule has 0 aliphatic heterocycles. The van der Waals surface area contributed by atoms with Crippen LogP contribution in [0.1, 0.15) is 5.56 Å². The fraction of sp³-hybridized carbons (Fsp3) is 0.0476. The Morgan fingerprint density at radius 3 is 2.28 bits per heavy atom. The molecule has 0 fully saturated rings. The molecule has 1 aromatic heterocycles. The maximum Gasteiger partial charge on any atom is 0.161 e. The van der Waals surface area contributed by atoms with Crippen LogP contribution in [0.5, 0.6) is 0 Å². The van der Waals surface area contributed by atoms with Crippen molar-refractivity contribution in [2.24, 2.45) is 0 Å². The molecule has 122 valence electrons. The molecule has 0 radical (unpaired) electrons. The van der Waals surface area contributed by atoms with Crippen LogP contribution in [0.15, 0.2) is 82.7 Å². The van der Waals surface area contributed by atoms with E-state index in [1.807, 2.05) is 42.5 Å². The number of fused-ring (bicyclic) bond motifs is 1. The van der Waals surface area contributed by atoms with Crippen LogP contribution in [-0.2, 0) is 0 Å². The van der Waals surface area contributed by atoms with Crippen LogP contribution >= 0.6 is 23.4 Å². The molecule has 0 unspecified atom stereocenters. The molecule has 4 rings (SSSR count). The highest BCUT2D eigenvalue weighted by molar-refractivity contribution is 7.99. The Kier molecular flexibility index (Phi) is 4.43. The second kappa shape index (κ2) is 6.87. The van der Waals surface area contributed by atoms with E-state index in [9.17, 15) is 0 Å². The summed E-state index contributed by atoms with van der Waals surface area (Å²) in [5.74, 6) is 0.746. The van der Waals surface area contributed by atoms with Gasteiger partial charge in [-0.25, -0.2) is 9.97 Å². The first-order chi connectivity index (χ1) is 12.2. The van der Waals surface area contributed by atoms with E-state index >= 15 is 0 Å². The number of hydrogen-bond donors (Lipinski definition) is 0. The summed E-state index contributed by atoms with van der Waals surface area (Å²) < 4.78 is 0. The number of rotatable bonds is 3. The van der Waals surface area contributed by atoms with Crippen LogP contribution in [0.25, 0.3) is 22.3 Å². The number of nitrogens with zero attached hydrogens (tertiary/aromatic N) is 2. The van der Waals surface area contributed by atoms with Crippen molar-refractivity contribution in [2.75, 3.05) is 0 Å². The number of para-hydroxylation sites is 1. The van der Waals surface area contributed by atoms with E-state index in [-0.39, 0.29) is 0 Å². The van der Waals surface area contributed by atoms with Crippen LogP contribution < -0.4 is 0 Å². The lowest BCUT2D eigenvalue weighted by molar-refractivity contribution is 1.11. The summed E-state index contributed by atoms with van der Waals surface area (Å²) in [6, 6.07) is 24.2. The second-order valence-corrected chi connectivity index (χ2v) is 7.29. The van der Waals surface area contributed by atoms with Crippen LogP contribution in [0.4, 0.5) is 0 Å². The van der Waals surface area contributed by atoms with Gasteiger partial charge in [0.1, 0.15) is 5.03 Å². The third-order valence-corrected chi connectivity index (χ3v) is 5.17. The predicted molar refractivity (Wildman–Crippen MR) is 105 cm³/mol. The summed E-state index contributed by atoms with van der Waals surface area (Å²) in [6.45, 7) is 2.08. The topological polar surface area (TPSA) is 25.8 Å². The van der Waals surface area contributed by atoms with E-state index in [4.69, 9.17) is 21.6 Å². The lowest BCUT2D eigenvalue weighted by Crippen LogP contribution is -1.94. The first kappa shape index (κ1) is 16.1. The highest BCUT2D eigenvalue weighted by Gasteiger charge is 2.10. The third-order valence-electron chi connectivity index (χ3n) is 3.91. The average Bonchev–Trinajstić information content (AvgIpc) is 2.64. The monoisotopic (exact) mass is 362 g/mol. The normalized spacial score (nSPS) is 11.0. The smallest absolute Gasteiger partial charge is 0.161 e. The molecule has 4 aromatic rings. The van der Waals surface area contributed by atoms with Crippen molar-refractivity contribution in [2.45, 2.75) is 16.8 Å². The van der Waals surface area contributed by atoms with Gasteiger partial charge in [0.2, 0.25) is 0 Å². The summed E-state index contributed by atoms with van der Waals surface area (Å²) in [4.78, 5) is 10.7. The van der Waals surface area contributed by atoms with Gasteiger partial charge in [0.15, 0.2) is 5.82 Å². The molecule has 0 bridgehead atoms. The van der Waals surface area contributed by atoms with Gasteiger partial charge in [0.25, 0.3) is 0 Å². The van der Waals surface area contributed by atoms with Crippen molar-refractivity contribution < 1.29 is 0 Å². The zero-order valence-electron chi connectivity index (χ0n) is 13.6. The molecular formula is C21H15ClN2S. The SMILES string of the molecule is Cc1ccc(-c2nc(Sc3ccc(Cl)cc3)c3ccccc3n2)cc1. The van der Waals surface area contributed by atoms with Gasteiger partial charge in [-0.3, -0.25) is 0 Å². The van der Waals surface area contributed by atoms with Gasteiger partial charge < -0.3 is 0 Å². The Bertz CT molecular complexity index is 1030. The van der Waals surface area contributed by atoms with Crippen molar-refractivity contribution in [1.29, 1.82) is 0 Å². The van der Waals surface area contributed by atoms with Crippen molar-refractivity contribution >= 4 is 34.3 Å². The van der Waals surface area contributed by atoms with E-state index < -0.39 is 0 Å². The Morgan fingerprint density at radius 1 is 0.800 bits per heavy atom. The minimum atomic E-state index is 0.734. The molecule has 25 heavy (non-hydrogen) atoms. The van der Waals surface area contributed by atoms with Gasteiger partial charge in [-0.15, -0.1) is 0 Å². The van der Waals surface area contributed by atoms with Gasteiger partial charge in [0.05, 0.1) is 5.52 Å². The Morgan fingerprint density at radius 2 is 1.52 bits per heavy atom. The maximum atomic E-state index is 5.99. The van der Waals surface area contributed by atoms with Crippen molar-refractivity contribution in [1.82, 2.24) is 9.97 Å². The summed E-state index contributed by atoms with van der Waals surface area (Å²) in [5, 5.41) is 2.74. The molecule has 0 saturated heterocycles. The molecule has 1 heterocycles. The molecule has 0 saturated carbocycles. The minimum Gasteiger partial charge on any atom is -0.228 e. The first-order valence-corrected chi connectivity index (χ1v) is 9.16. The number of aromatic nitrogens is 2. The van der Waals surface area contributed by atoms with Crippen LogP contribution in [0, 0.1) is 6.92 Å². The summed E-state index contributed by atoms with van der Waals surface area (Å²) in [6.07, 6.45) is 0. The van der Waals surface area contributed by atoms with Gasteiger partial charge in [-0.2, -0.15) is 0 Å². The average molecular weight is 363 g/mol. The summed E-state index contributed by atoms with van der Waals surface area (Å²) >= 11 is 7.62. The second-order valence-electron chi connectivity index (χ2n) is 5.79. The molecule has 0 amide bonds. The fourth-order valence-electron chi connectivity index (χ4n) is 2.57. The Balaban J connectivity index is 1.83. The van der Waals surface area contributed by atoms with E-state index in [0.29, 0.717) is 0 Å². The predicted octanol–water partition coefficient (Wildman–Crippen LogP) is 6.41. The van der Waals surface area contributed by atoms with Gasteiger partial charge in [-0.1, -0.05) is 71.4 Å². The van der Waals surface area contributed by atoms with E-state index in [0.717, 1.165) is 37.2 Å². The molecule has 4 heteroatoms. The Hall–Kier alpha value is -2.36. The number of hydrogen-bond acceptors (Lipinski definition) is 3. The zero-order chi connectivity index (χ0) is 17.2. The van der Waals surface area contributed by atoms with Crippen LogP contribution in [0.3, 0.4) is 0 Å². The fourth-order valence-corrected chi connectivity index (χ4v) is 3.61. The van der Waals surface area contributed by atoms with Gasteiger partial charge in [0, 0.05) is 20.9 Å². The number of aryl methyl sites for hydroxylation is 1. The van der Waals surface area contributed by atoms with Gasteiger partial charge in [-0.05, 0) is 37.3 Å². The minimum absolute atomic E-state index is 0.734. The van der Waals surface area contributed by atoms with E-state index in [1.54, 1.807) is 11.8 Å². The largest absolute Gasteiger partial charge is 0.228 e. The Labute approximate surface area is 155 Å². The van der Waals surface area contributed by atoms with Gasteiger partial charge >= 0.3 is 0 Å². The number of halogens is 1. The lowest BCUT2D eigenvalue weighted by Gasteiger charge is -2.09. The molecule has 0 aliphatic carbocycles. The maximum absolute atomic E-state index is 5.99.